The fraction of sp³-hybridized carbons (Fsp3) is 0. The van der Waals surface area contributed by atoms with Crippen molar-refractivity contribution in [2.75, 3.05) is 5.32 Å². The summed E-state index contributed by atoms with van der Waals surface area (Å²) in [5.41, 5.74) is 5.23. The maximum Gasteiger partial charge on any atom is 0.255 e. The van der Waals surface area contributed by atoms with Crippen molar-refractivity contribution in [2.24, 2.45) is 0 Å². The van der Waals surface area contributed by atoms with Gasteiger partial charge in [0.05, 0.1) is 5.69 Å². The fourth-order valence-corrected chi connectivity index (χ4v) is 3.00. The van der Waals surface area contributed by atoms with E-state index in [0.29, 0.717) is 11.3 Å². The predicted octanol–water partition coefficient (Wildman–Crippen LogP) is 6.01. The molecule has 0 aliphatic carbocycles. The Morgan fingerprint density at radius 3 is 1.90 bits per heavy atom. The summed E-state index contributed by atoms with van der Waals surface area (Å²) in [7, 11) is 0. The van der Waals surface area contributed by atoms with Crippen LogP contribution in [0, 0.1) is 11.8 Å². The molecule has 2 nitrogen and oxygen atoms in total. The Morgan fingerprint density at radius 1 is 0.586 bits per heavy atom. The van der Waals surface area contributed by atoms with Crippen LogP contribution in [0.15, 0.2) is 109 Å². The van der Waals surface area contributed by atoms with Crippen LogP contribution in [0.3, 0.4) is 0 Å². The first-order chi connectivity index (χ1) is 14.3. The van der Waals surface area contributed by atoms with Gasteiger partial charge < -0.3 is 5.32 Å². The van der Waals surface area contributed by atoms with Crippen LogP contribution < -0.4 is 5.32 Å². The Hall–Kier alpha value is -4.09. The summed E-state index contributed by atoms with van der Waals surface area (Å²) in [6.07, 6.45) is 0. The maximum atomic E-state index is 12.7. The van der Waals surface area contributed by atoms with Crippen molar-refractivity contribution in [3.63, 3.8) is 0 Å². The molecule has 138 valence electrons. The van der Waals surface area contributed by atoms with Gasteiger partial charge in [0.2, 0.25) is 0 Å². The molecule has 0 spiro atoms. The molecule has 0 saturated carbocycles. The van der Waals surface area contributed by atoms with Crippen LogP contribution in [0.2, 0.25) is 0 Å². The van der Waals surface area contributed by atoms with E-state index in [4.69, 9.17) is 0 Å². The highest BCUT2D eigenvalue weighted by Gasteiger charge is 2.08. The minimum atomic E-state index is -0.154. The number of carbonyl (C=O) groups excluding carboxylic acids is 1. The summed E-state index contributed by atoms with van der Waals surface area (Å²) in [6, 6.07) is 35.1. The number of rotatable bonds is 3. The molecule has 0 radical (unpaired) electrons. The summed E-state index contributed by atoms with van der Waals surface area (Å²) < 4.78 is 0. The highest BCUT2D eigenvalue weighted by molar-refractivity contribution is 6.05. The van der Waals surface area contributed by atoms with Crippen molar-refractivity contribution in [1.82, 2.24) is 0 Å². The van der Waals surface area contributed by atoms with E-state index in [2.05, 4.69) is 29.3 Å². The number of hydrogen-bond donors (Lipinski definition) is 1. The average Bonchev–Trinajstić information content (AvgIpc) is 2.80. The number of amides is 1. The topological polar surface area (TPSA) is 29.1 Å². The molecule has 4 aromatic carbocycles. The monoisotopic (exact) mass is 373 g/mol. The van der Waals surface area contributed by atoms with Gasteiger partial charge in [-0.3, -0.25) is 4.79 Å². The van der Waals surface area contributed by atoms with Gasteiger partial charge in [-0.2, -0.15) is 0 Å². The molecule has 2 heteroatoms. The van der Waals surface area contributed by atoms with Crippen molar-refractivity contribution in [3.8, 4) is 23.0 Å². The first-order valence-corrected chi connectivity index (χ1v) is 9.42. The molecular weight excluding hydrogens is 354 g/mol. The van der Waals surface area contributed by atoms with E-state index in [1.165, 1.54) is 0 Å². The van der Waals surface area contributed by atoms with Gasteiger partial charge in [0, 0.05) is 16.7 Å². The lowest BCUT2D eigenvalue weighted by Gasteiger charge is -2.08. The fourth-order valence-electron chi connectivity index (χ4n) is 3.00. The average molecular weight is 373 g/mol. The van der Waals surface area contributed by atoms with Crippen LogP contribution in [0.1, 0.15) is 21.5 Å². The van der Waals surface area contributed by atoms with Gasteiger partial charge in [-0.15, -0.1) is 0 Å². The molecule has 0 atom stereocenters. The van der Waals surface area contributed by atoms with Gasteiger partial charge in [-0.25, -0.2) is 0 Å². The Labute approximate surface area is 170 Å². The summed E-state index contributed by atoms with van der Waals surface area (Å²) >= 11 is 0. The van der Waals surface area contributed by atoms with E-state index in [1.807, 2.05) is 97.1 Å². The molecule has 0 saturated heterocycles. The van der Waals surface area contributed by atoms with Gasteiger partial charge in [0.15, 0.2) is 0 Å². The molecule has 29 heavy (non-hydrogen) atoms. The molecule has 0 aromatic heterocycles. The van der Waals surface area contributed by atoms with Crippen molar-refractivity contribution in [1.29, 1.82) is 0 Å². The van der Waals surface area contributed by atoms with E-state index >= 15 is 0 Å². The molecule has 0 heterocycles. The molecule has 0 bridgehead atoms. The largest absolute Gasteiger partial charge is 0.321 e. The number of anilines is 1. The molecular formula is C27H19NO. The predicted molar refractivity (Wildman–Crippen MR) is 119 cm³/mol. The highest BCUT2D eigenvalue weighted by atomic mass is 16.1. The molecule has 4 aromatic rings. The zero-order chi connectivity index (χ0) is 19.9. The minimum absolute atomic E-state index is 0.154. The Bertz CT molecular complexity index is 1170. The van der Waals surface area contributed by atoms with Crippen molar-refractivity contribution < 1.29 is 4.79 Å². The van der Waals surface area contributed by atoms with Gasteiger partial charge >= 0.3 is 0 Å². The highest BCUT2D eigenvalue weighted by Crippen LogP contribution is 2.20. The second-order valence-electron chi connectivity index (χ2n) is 6.56. The summed E-state index contributed by atoms with van der Waals surface area (Å²) in [6.45, 7) is 0. The standard InChI is InChI=1S/C27H19NO/c29-27(25-19-17-23(18-20-25)22-11-5-2-6-12-22)28-26-14-8-7-13-24(26)16-15-21-9-3-1-4-10-21/h1-14,17-20H,(H,28,29). The number of benzene rings is 4. The van der Waals surface area contributed by atoms with Gasteiger partial charge in [-0.1, -0.05) is 84.6 Å². The summed E-state index contributed by atoms with van der Waals surface area (Å²) in [5.74, 6) is 6.14. The summed E-state index contributed by atoms with van der Waals surface area (Å²) in [5, 5.41) is 2.98. The number of nitrogens with one attached hydrogen (secondary N) is 1. The van der Waals surface area contributed by atoms with Crippen LogP contribution in [-0.2, 0) is 0 Å². The third-order valence-electron chi connectivity index (χ3n) is 4.54. The van der Waals surface area contributed by atoms with Crippen LogP contribution in [0.4, 0.5) is 5.69 Å². The Balaban J connectivity index is 1.53. The lowest BCUT2D eigenvalue weighted by Crippen LogP contribution is -2.12. The SMILES string of the molecule is O=C(Nc1ccccc1C#Cc1ccccc1)c1ccc(-c2ccccc2)cc1. The third-order valence-corrected chi connectivity index (χ3v) is 4.54. The van der Waals surface area contributed by atoms with Crippen molar-refractivity contribution >= 4 is 11.6 Å². The lowest BCUT2D eigenvalue weighted by atomic mass is 10.0. The number of para-hydroxylation sites is 1. The van der Waals surface area contributed by atoms with E-state index in [9.17, 15) is 4.79 Å². The van der Waals surface area contributed by atoms with Crippen LogP contribution in [-0.4, -0.2) is 5.91 Å². The normalized spacial score (nSPS) is 9.93. The Morgan fingerprint density at radius 2 is 1.17 bits per heavy atom. The van der Waals surface area contributed by atoms with Gasteiger partial charge in [-0.05, 0) is 47.5 Å². The van der Waals surface area contributed by atoms with E-state index in [-0.39, 0.29) is 5.91 Å². The third kappa shape index (κ3) is 4.61. The lowest BCUT2D eigenvalue weighted by molar-refractivity contribution is 0.102. The van der Waals surface area contributed by atoms with E-state index < -0.39 is 0 Å². The molecule has 1 amide bonds. The molecule has 4 rings (SSSR count). The van der Waals surface area contributed by atoms with Crippen LogP contribution in [0.25, 0.3) is 11.1 Å². The number of carbonyl (C=O) groups is 1. The smallest absolute Gasteiger partial charge is 0.255 e. The number of hydrogen-bond acceptors (Lipinski definition) is 1. The molecule has 0 aliphatic rings. The van der Waals surface area contributed by atoms with Crippen LogP contribution in [0.5, 0.6) is 0 Å². The molecule has 0 aliphatic heterocycles. The zero-order valence-corrected chi connectivity index (χ0v) is 15.8. The second kappa shape index (κ2) is 8.73. The van der Waals surface area contributed by atoms with E-state index in [0.717, 1.165) is 22.3 Å². The first-order valence-electron chi connectivity index (χ1n) is 9.42. The van der Waals surface area contributed by atoms with Crippen molar-refractivity contribution in [2.45, 2.75) is 0 Å². The molecule has 0 unspecified atom stereocenters. The van der Waals surface area contributed by atoms with Crippen molar-refractivity contribution in [3.05, 3.63) is 126 Å². The van der Waals surface area contributed by atoms with Crippen LogP contribution >= 0.6 is 0 Å². The molecule has 0 fully saturated rings. The van der Waals surface area contributed by atoms with Gasteiger partial charge in [0.1, 0.15) is 0 Å². The van der Waals surface area contributed by atoms with Gasteiger partial charge in [0.25, 0.3) is 5.91 Å². The quantitative estimate of drug-likeness (QED) is 0.438. The maximum absolute atomic E-state index is 12.7. The van der Waals surface area contributed by atoms with E-state index in [1.54, 1.807) is 0 Å². The Kier molecular flexibility index (Phi) is 5.50. The zero-order valence-electron chi connectivity index (χ0n) is 15.8. The second-order valence-corrected chi connectivity index (χ2v) is 6.56. The first kappa shape index (κ1) is 18.3. The minimum Gasteiger partial charge on any atom is -0.321 e. The molecule has 1 N–H and O–H groups in total. The summed E-state index contributed by atoms with van der Waals surface area (Å²) in [4.78, 5) is 12.7.